The first kappa shape index (κ1) is 18.1. The summed E-state index contributed by atoms with van der Waals surface area (Å²) in [5.41, 5.74) is 1.30. The van der Waals surface area contributed by atoms with Gasteiger partial charge in [-0.15, -0.1) is 0 Å². The van der Waals surface area contributed by atoms with Gasteiger partial charge in [-0.05, 0) is 47.4 Å². The highest BCUT2D eigenvalue weighted by Gasteiger charge is 2.26. The van der Waals surface area contributed by atoms with Gasteiger partial charge in [-0.2, -0.15) is 0 Å². The number of amides is 1. The predicted octanol–water partition coefficient (Wildman–Crippen LogP) is 4.28. The molecule has 0 aliphatic heterocycles. The van der Waals surface area contributed by atoms with Crippen molar-refractivity contribution in [2.75, 3.05) is 11.9 Å². The quantitative estimate of drug-likeness (QED) is 0.858. The average molecular weight is 332 g/mol. The molecule has 3 nitrogen and oxygen atoms in total. The van der Waals surface area contributed by atoms with Gasteiger partial charge in [0, 0.05) is 11.7 Å². The highest BCUT2D eigenvalue weighted by Crippen LogP contribution is 2.32. The first-order valence-corrected chi connectivity index (χ1v) is 7.80. The van der Waals surface area contributed by atoms with Crippen LogP contribution in [0, 0.1) is 17.0 Å². The fourth-order valence-electron chi connectivity index (χ4n) is 2.51. The van der Waals surface area contributed by atoms with Gasteiger partial charge >= 0.3 is 0 Å². The van der Waals surface area contributed by atoms with Gasteiger partial charge in [0.25, 0.3) is 0 Å². The Morgan fingerprint density at radius 2 is 1.46 bits per heavy atom. The molecule has 2 aromatic rings. The molecule has 0 saturated heterocycles. The summed E-state index contributed by atoms with van der Waals surface area (Å²) >= 11 is 0. The van der Waals surface area contributed by atoms with Crippen molar-refractivity contribution in [3.63, 3.8) is 0 Å². The Bertz CT molecular complexity index is 676. The molecule has 2 aromatic carbocycles. The van der Waals surface area contributed by atoms with E-state index in [0.717, 1.165) is 5.56 Å². The van der Waals surface area contributed by atoms with Crippen LogP contribution in [0.2, 0.25) is 0 Å². The smallest absolute Gasteiger partial charge is 0.238 e. The highest BCUT2D eigenvalue weighted by molar-refractivity contribution is 5.92. The van der Waals surface area contributed by atoms with Crippen LogP contribution in [0.1, 0.15) is 32.4 Å². The zero-order valence-corrected chi connectivity index (χ0v) is 14.1. The molecule has 2 N–H and O–H groups in total. The molecule has 0 fully saturated rings. The van der Waals surface area contributed by atoms with Gasteiger partial charge in [0.1, 0.15) is 11.6 Å². The topological polar surface area (TPSA) is 41.1 Å². The number of carbonyl (C=O) groups excluding carboxylic acids is 1. The fraction of sp³-hybridized carbons (Fsp3) is 0.316. The lowest BCUT2D eigenvalue weighted by atomic mass is 9.82. The molecule has 0 aliphatic carbocycles. The highest BCUT2D eigenvalue weighted by atomic mass is 19.1. The molecule has 0 radical (unpaired) electrons. The van der Waals surface area contributed by atoms with Crippen LogP contribution in [-0.4, -0.2) is 12.5 Å². The molecule has 0 saturated carbocycles. The molecule has 1 atom stereocenters. The van der Waals surface area contributed by atoms with Crippen molar-refractivity contribution in [1.82, 2.24) is 5.32 Å². The number of hydrogen-bond acceptors (Lipinski definition) is 2. The standard InChI is InChI=1S/C19H22F2N2O/c1-19(2,3)18(13-4-6-14(20)7-5-13)22-12-17(24)23-16-10-8-15(21)9-11-16/h4-11,18,22H,12H2,1-3H3,(H,23,24). The number of anilines is 1. The van der Waals surface area contributed by atoms with E-state index in [-0.39, 0.29) is 35.5 Å². The lowest BCUT2D eigenvalue weighted by Crippen LogP contribution is -2.37. The van der Waals surface area contributed by atoms with E-state index < -0.39 is 0 Å². The van der Waals surface area contributed by atoms with Gasteiger partial charge in [-0.25, -0.2) is 8.78 Å². The third-order valence-corrected chi connectivity index (χ3v) is 3.66. The molecule has 5 heteroatoms. The number of benzene rings is 2. The van der Waals surface area contributed by atoms with Crippen molar-refractivity contribution in [3.05, 3.63) is 65.7 Å². The zero-order valence-electron chi connectivity index (χ0n) is 14.1. The van der Waals surface area contributed by atoms with Gasteiger partial charge in [-0.3, -0.25) is 4.79 Å². The SMILES string of the molecule is CC(C)(C)C(NCC(=O)Nc1ccc(F)cc1)c1ccc(F)cc1. The minimum atomic E-state index is -0.352. The molecular formula is C19H22F2N2O. The largest absolute Gasteiger partial charge is 0.325 e. The Morgan fingerprint density at radius 3 is 1.96 bits per heavy atom. The Balaban J connectivity index is 2.01. The van der Waals surface area contributed by atoms with E-state index in [2.05, 4.69) is 10.6 Å². The van der Waals surface area contributed by atoms with Gasteiger partial charge in [0.2, 0.25) is 5.91 Å². The average Bonchev–Trinajstić information content (AvgIpc) is 2.50. The zero-order chi connectivity index (χ0) is 17.7. The van der Waals surface area contributed by atoms with Crippen LogP contribution in [0.3, 0.4) is 0 Å². The lowest BCUT2D eigenvalue weighted by Gasteiger charge is -2.32. The van der Waals surface area contributed by atoms with Crippen molar-refractivity contribution in [2.45, 2.75) is 26.8 Å². The Labute approximate surface area is 141 Å². The molecule has 0 bridgehead atoms. The third kappa shape index (κ3) is 5.13. The molecule has 2 rings (SSSR count). The number of nitrogens with one attached hydrogen (secondary N) is 2. The second kappa shape index (κ2) is 7.53. The molecule has 0 heterocycles. The van der Waals surface area contributed by atoms with Crippen LogP contribution in [0.5, 0.6) is 0 Å². The van der Waals surface area contributed by atoms with E-state index >= 15 is 0 Å². The molecule has 0 aliphatic rings. The van der Waals surface area contributed by atoms with Crippen molar-refractivity contribution < 1.29 is 13.6 Å². The van der Waals surface area contributed by atoms with E-state index in [9.17, 15) is 13.6 Å². The number of rotatable bonds is 5. The number of hydrogen-bond donors (Lipinski definition) is 2. The summed E-state index contributed by atoms with van der Waals surface area (Å²) in [6.45, 7) is 6.24. The maximum Gasteiger partial charge on any atom is 0.238 e. The van der Waals surface area contributed by atoms with Crippen LogP contribution in [0.25, 0.3) is 0 Å². The van der Waals surface area contributed by atoms with Gasteiger partial charge in [-0.1, -0.05) is 32.9 Å². The maximum absolute atomic E-state index is 13.1. The first-order chi connectivity index (χ1) is 11.3. The second-order valence-corrected chi connectivity index (χ2v) is 6.79. The summed E-state index contributed by atoms with van der Waals surface area (Å²) in [4.78, 5) is 12.1. The molecule has 0 aromatic heterocycles. The summed E-state index contributed by atoms with van der Waals surface area (Å²) in [5, 5.41) is 5.93. The van der Waals surface area contributed by atoms with E-state index in [4.69, 9.17) is 0 Å². The van der Waals surface area contributed by atoms with Crippen molar-refractivity contribution in [3.8, 4) is 0 Å². The minimum Gasteiger partial charge on any atom is -0.325 e. The van der Waals surface area contributed by atoms with E-state index in [1.54, 1.807) is 12.1 Å². The van der Waals surface area contributed by atoms with Gasteiger partial charge in [0.15, 0.2) is 0 Å². The fourth-order valence-corrected chi connectivity index (χ4v) is 2.51. The van der Waals surface area contributed by atoms with Crippen molar-refractivity contribution >= 4 is 11.6 Å². The van der Waals surface area contributed by atoms with Gasteiger partial charge in [0.05, 0.1) is 6.54 Å². The minimum absolute atomic E-state index is 0.0939. The first-order valence-electron chi connectivity index (χ1n) is 7.80. The predicted molar refractivity (Wildman–Crippen MR) is 91.6 cm³/mol. The number of carbonyl (C=O) groups is 1. The maximum atomic E-state index is 13.1. The summed E-state index contributed by atoms with van der Waals surface area (Å²) in [6.07, 6.45) is 0. The van der Waals surface area contributed by atoms with Crippen LogP contribution < -0.4 is 10.6 Å². The second-order valence-electron chi connectivity index (χ2n) is 6.79. The molecule has 24 heavy (non-hydrogen) atoms. The van der Waals surface area contributed by atoms with E-state index in [1.165, 1.54) is 36.4 Å². The molecular weight excluding hydrogens is 310 g/mol. The van der Waals surface area contributed by atoms with Gasteiger partial charge < -0.3 is 10.6 Å². The van der Waals surface area contributed by atoms with Crippen molar-refractivity contribution in [1.29, 1.82) is 0 Å². The van der Waals surface area contributed by atoms with Crippen LogP contribution in [-0.2, 0) is 4.79 Å². The molecule has 0 spiro atoms. The summed E-state index contributed by atoms with van der Waals surface area (Å²) in [6, 6.07) is 11.7. The Kier molecular flexibility index (Phi) is 5.67. The molecule has 1 unspecified atom stereocenters. The lowest BCUT2D eigenvalue weighted by molar-refractivity contribution is -0.115. The molecule has 128 valence electrons. The Hall–Kier alpha value is -2.27. The molecule has 1 amide bonds. The Morgan fingerprint density at radius 1 is 0.958 bits per heavy atom. The van der Waals surface area contributed by atoms with E-state index in [0.29, 0.717) is 5.69 Å². The van der Waals surface area contributed by atoms with Crippen LogP contribution in [0.15, 0.2) is 48.5 Å². The summed E-state index contributed by atoms with van der Waals surface area (Å²) in [7, 11) is 0. The number of halogens is 2. The summed E-state index contributed by atoms with van der Waals surface area (Å²) in [5.74, 6) is -0.867. The van der Waals surface area contributed by atoms with Crippen LogP contribution >= 0.6 is 0 Å². The van der Waals surface area contributed by atoms with Crippen molar-refractivity contribution in [2.24, 2.45) is 5.41 Å². The monoisotopic (exact) mass is 332 g/mol. The third-order valence-electron chi connectivity index (χ3n) is 3.66. The normalized spacial score (nSPS) is 12.7. The summed E-state index contributed by atoms with van der Waals surface area (Å²) < 4.78 is 26.0. The van der Waals surface area contributed by atoms with Crippen LogP contribution in [0.4, 0.5) is 14.5 Å². The van der Waals surface area contributed by atoms with E-state index in [1.807, 2.05) is 20.8 Å².